The van der Waals surface area contributed by atoms with Crippen molar-refractivity contribution in [2.45, 2.75) is 63.3 Å². The van der Waals surface area contributed by atoms with E-state index in [1.165, 1.54) is 17.7 Å². The average Bonchev–Trinajstić information content (AvgIpc) is 2.96. The highest BCUT2D eigenvalue weighted by Crippen LogP contribution is 2.32. The number of hydrogen-bond acceptors (Lipinski definition) is 2. The monoisotopic (exact) mass is 265 g/mol. The van der Waals surface area contributed by atoms with Crippen LogP contribution in [0.5, 0.6) is 0 Å². The van der Waals surface area contributed by atoms with E-state index in [9.17, 15) is 18.3 Å². The second kappa shape index (κ2) is 5.78. The molecule has 0 radical (unpaired) electrons. The van der Waals surface area contributed by atoms with Gasteiger partial charge in [0.1, 0.15) is 0 Å². The Bertz CT molecular complexity index is 259. The smallest absolute Gasteiger partial charge is 0.392 e. The van der Waals surface area contributed by atoms with Gasteiger partial charge >= 0.3 is 6.18 Å². The van der Waals surface area contributed by atoms with Crippen molar-refractivity contribution >= 4 is 0 Å². The maximum absolute atomic E-state index is 12.4. The lowest BCUT2D eigenvalue weighted by Crippen LogP contribution is -2.41. The van der Waals surface area contributed by atoms with Gasteiger partial charge in [-0.2, -0.15) is 13.2 Å². The van der Waals surface area contributed by atoms with E-state index in [1.807, 2.05) is 0 Å². The summed E-state index contributed by atoms with van der Waals surface area (Å²) in [7, 11) is 0. The minimum absolute atomic E-state index is 0.0462. The zero-order valence-electron chi connectivity index (χ0n) is 10.6. The van der Waals surface area contributed by atoms with Gasteiger partial charge < -0.3 is 5.11 Å². The molecule has 2 fully saturated rings. The van der Waals surface area contributed by atoms with E-state index in [-0.39, 0.29) is 12.6 Å². The third-order valence-electron chi connectivity index (χ3n) is 3.97. The van der Waals surface area contributed by atoms with Crippen molar-refractivity contribution in [2.75, 3.05) is 13.1 Å². The number of aliphatic hydroxyl groups excluding tert-OH is 1. The lowest BCUT2D eigenvalue weighted by atomic mass is 10.00. The van der Waals surface area contributed by atoms with Crippen molar-refractivity contribution in [3.63, 3.8) is 0 Å². The first kappa shape index (κ1) is 14.1. The highest BCUT2D eigenvalue weighted by molar-refractivity contribution is 4.87. The van der Waals surface area contributed by atoms with E-state index in [0.717, 1.165) is 25.7 Å². The molecule has 0 amide bonds. The molecule has 2 saturated carbocycles. The van der Waals surface area contributed by atoms with Crippen molar-refractivity contribution in [1.82, 2.24) is 4.90 Å². The molecule has 2 aliphatic rings. The summed E-state index contributed by atoms with van der Waals surface area (Å²) in [5, 5.41) is 9.94. The number of hydrogen-bond donors (Lipinski definition) is 1. The summed E-state index contributed by atoms with van der Waals surface area (Å²) >= 11 is 0. The van der Waals surface area contributed by atoms with E-state index < -0.39 is 18.8 Å². The molecule has 0 aliphatic heterocycles. The van der Waals surface area contributed by atoms with Crippen LogP contribution in [0, 0.1) is 5.92 Å². The largest absolute Gasteiger partial charge is 0.401 e. The fourth-order valence-electron chi connectivity index (χ4n) is 2.99. The van der Waals surface area contributed by atoms with Crippen LogP contribution >= 0.6 is 0 Å². The van der Waals surface area contributed by atoms with Gasteiger partial charge in [-0.1, -0.05) is 25.7 Å². The molecule has 1 atom stereocenters. The maximum Gasteiger partial charge on any atom is 0.401 e. The Morgan fingerprint density at radius 1 is 1.11 bits per heavy atom. The first-order chi connectivity index (χ1) is 8.44. The molecule has 0 spiro atoms. The van der Waals surface area contributed by atoms with Gasteiger partial charge in [-0.25, -0.2) is 0 Å². The molecule has 0 aromatic rings. The molecule has 18 heavy (non-hydrogen) atoms. The van der Waals surface area contributed by atoms with Crippen LogP contribution in [0.25, 0.3) is 0 Å². The van der Waals surface area contributed by atoms with Gasteiger partial charge in [0.15, 0.2) is 0 Å². The fraction of sp³-hybridized carbons (Fsp3) is 1.00. The molecule has 0 saturated heterocycles. The topological polar surface area (TPSA) is 23.5 Å². The van der Waals surface area contributed by atoms with E-state index >= 15 is 0 Å². The van der Waals surface area contributed by atoms with Gasteiger partial charge in [-0.3, -0.25) is 4.90 Å². The maximum atomic E-state index is 12.4. The summed E-state index contributed by atoms with van der Waals surface area (Å²) in [5.41, 5.74) is 0. The van der Waals surface area contributed by atoms with Crippen LogP contribution in [0.15, 0.2) is 0 Å². The molecule has 0 aromatic carbocycles. The third-order valence-corrected chi connectivity index (χ3v) is 3.97. The van der Waals surface area contributed by atoms with Crippen molar-refractivity contribution < 1.29 is 18.3 Å². The van der Waals surface area contributed by atoms with Crippen LogP contribution < -0.4 is 0 Å². The summed E-state index contributed by atoms with van der Waals surface area (Å²) in [6.45, 7) is -0.694. The third kappa shape index (κ3) is 4.76. The standard InChI is InChI=1S/C13H22F3NO/c14-13(15,16)9-17(11-5-6-11)8-12(18)7-10-3-1-2-4-10/h10-12,18H,1-9H2. The Kier molecular flexibility index (Phi) is 4.54. The minimum Gasteiger partial charge on any atom is -0.392 e. The number of halogens is 3. The van der Waals surface area contributed by atoms with Gasteiger partial charge in [0, 0.05) is 12.6 Å². The summed E-state index contributed by atoms with van der Waals surface area (Å²) < 4.78 is 37.3. The van der Waals surface area contributed by atoms with Gasteiger partial charge in [0.25, 0.3) is 0 Å². The quantitative estimate of drug-likeness (QED) is 0.798. The van der Waals surface area contributed by atoms with Gasteiger partial charge in [0.2, 0.25) is 0 Å². The molecule has 1 unspecified atom stereocenters. The molecular formula is C13H22F3NO. The lowest BCUT2D eigenvalue weighted by Gasteiger charge is -2.27. The zero-order valence-corrected chi connectivity index (χ0v) is 10.6. The lowest BCUT2D eigenvalue weighted by molar-refractivity contribution is -0.150. The van der Waals surface area contributed by atoms with Gasteiger partial charge in [0.05, 0.1) is 12.6 Å². The van der Waals surface area contributed by atoms with E-state index in [4.69, 9.17) is 0 Å². The number of rotatable bonds is 6. The molecular weight excluding hydrogens is 243 g/mol. The van der Waals surface area contributed by atoms with Crippen LogP contribution in [0.4, 0.5) is 13.2 Å². The molecule has 2 rings (SSSR count). The fourth-order valence-corrected chi connectivity index (χ4v) is 2.99. The predicted octanol–water partition coefficient (Wildman–Crippen LogP) is 2.95. The summed E-state index contributed by atoms with van der Waals surface area (Å²) in [6, 6.07) is 0.0462. The first-order valence-electron chi connectivity index (χ1n) is 6.93. The molecule has 0 aromatic heterocycles. The minimum atomic E-state index is -4.16. The first-order valence-corrected chi connectivity index (χ1v) is 6.93. The molecule has 0 heterocycles. The van der Waals surface area contributed by atoms with Gasteiger partial charge in [-0.15, -0.1) is 0 Å². The van der Waals surface area contributed by atoms with E-state index in [0.29, 0.717) is 12.3 Å². The Balaban J connectivity index is 1.76. The summed E-state index contributed by atoms with van der Waals surface area (Å²) in [5.74, 6) is 0.520. The van der Waals surface area contributed by atoms with Crippen LogP contribution in [-0.2, 0) is 0 Å². The van der Waals surface area contributed by atoms with Crippen molar-refractivity contribution in [2.24, 2.45) is 5.92 Å². The van der Waals surface area contributed by atoms with Crippen LogP contribution in [0.2, 0.25) is 0 Å². The Morgan fingerprint density at radius 3 is 2.22 bits per heavy atom. The van der Waals surface area contributed by atoms with Crippen molar-refractivity contribution in [1.29, 1.82) is 0 Å². The van der Waals surface area contributed by atoms with Crippen molar-refractivity contribution in [3.05, 3.63) is 0 Å². The normalized spacial score (nSPS) is 23.8. The second-order valence-corrected chi connectivity index (χ2v) is 5.82. The molecule has 0 bridgehead atoms. The average molecular weight is 265 g/mol. The molecule has 2 aliphatic carbocycles. The van der Waals surface area contributed by atoms with Crippen molar-refractivity contribution in [3.8, 4) is 0 Å². The molecule has 5 heteroatoms. The number of nitrogens with zero attached hydrogens (tertiary/aromatic N) is 1. The number of alkyl halides is 3. The Morgan fingerprint density at radius 2 is 1.72 bits per heavy atom. The second-order valence-electron chi connectivity index (χ2n) is 5.82. The highest BCUT2D eigenvalue weighted by atomic mass is 19.4. The summed E-state index contributed by atoms with van der Waals surface area (Å²) in [4.78, 5) is 1.42. The Labute approximate surface area is 106 Å². The van der Waals surface area contributed by atoms with Crippen LogP contribution in [0.3, 0.4) is 0 Å². The van der Waals surface area contributed by atoms with Crippen LogP contribution in [-0.4, -0.2) is 41.4 Å². The molecule has 1 N–H and O–H groups in total. The van der Waals surface area contributed by atoms with E-state index in [2.05, 4.69) is 0 Å². The predicted molar refractivity (Wildman–Crippen MR) is 63.2 cm³/mol. The SMILES string of the molecule is OC(CC1CCCC1)CN(CC(F)(F)F)C1CC1. The Hall–Kier alpha value is -0.290. The zero-order chi connectivity index (χ0) is 13.2. The summed E-state index contributed by atoms with van der Waals surface area (Å²) in [6.07, 6.45) is 2.24. The number of aliphatic hydroxyl groups is 1. The van der Waals surface area contributed by atoms with E-state index in [1.54, 1.807) is 0 Å². The van der Waals surface area contributed by atoms with Crippen LogP contribution in [0.1, 0.15) is 44.9 Å². The van der Waals surface area contributed by atoms with Gasteiger partial charge in [-0.05, 0) is 25.2 Å². The molecule has 106 valence electrons. The molecule has 2 nitrogen and oxygen atoms in total. The highest BCUT2D eigenvalue weighted by Gasteiger charge is 2.38.